The molecule has 7 nitrogen and oxygen atoms in total. The van der Waals surface area contributed by atoms with Crippen LogP contribution in [0.2, 0.25) is 0 Å². The largest absolute Gasteiger partial charge is 0.467 e. The second-order valence-electron chi connectivity index (χ2n) is 6.64. The topological polar surface area (TPSA) is 63.6 Å². The summed E-state index contributed by atoms with van der Waals surface area (Å²) in [7, 11) is 1.61. The maximum atomic E-state index is 5.95. The van der Waals surface area contributed by atoms with Crippen LogP contribution in [0.4, 0.5) is 11.9 Å². The minimum absolute atomic E-state index is 0.0631. The van der Waals surface area contributed by atoms with Gasteiger partial charge in [-0.2, -0.15) is 15.0 Å². The molecule has 0 aliphatic carbocycles. The lowest BCUT2D eigenvalue weighted by atomic mass is 10.2. The zero-order valence-electron chi connectivity index (χ0n) is 15.1. The molecule has 2 saturated heterocycles. The number of morpholine rings is 1. The normalized spacial score (nSPS) is 21.5. The molecule has 0 aromatic carbocycles. The third-order valence-corrected chi connectivity index (χ3v) is 5.84. The molecule has 2 fully saturated rings. The van der Waals surface area contributed by atoms with E-state index < -0.39 is 0 Å². The summed E-state index contributed by atoms with van der Waals surface area (Å²) in [5.41, 5.74) is 0. The van der Waals surface area contributed by atoms with Crippen molar-refractivity contribution in [2.75, 3.05) is 49.7 Å². The third kappa shape index (κ3) is 3.91. The SMILES string of the molecule is COc1nc(N2CCCCCC2)nc(N2CCOC(c3cccs3)C2)n1. The summed E-state index contributed by atoms with van der Waals surface area (Å²) in [4.78, 5) is 19.5. The van der Waals surface area contributed by atoms with Crippen molar-refractivity contribution in [2.24, 2.45) is 0 Å². The number of nitrogens with zero attached hydrogens (tertiary/aromatic N) is 5. The van der Waals surface area contributed by atoms with Crippen molar-refractivity contribution in [1.82, 2.24) is 15.0 Å². The molecule has 2 aliphatic heterocycles. The summed E-state index contributed by atoms with van der Waals surface area (Å²) >= 11 is 1.72. The summed E-state index contributed by atoms with van der Waals surface area (Å²) in [6, 6.07) is 4.56. The third-order valence-electron chi connectivity index (χ3n) is 4.87. The zero-order chi connectivity index (χ0) is 17.8. The highest BCUT2D eigenvalue weighted by Crippen LogP contribution is 2.29. The van der Waals surface area contributed by atoms with Gasteiger partial charge in [0.05, 0.1) is 20.3 Å². The van der Waals surface area contributed by atoms with Gasteiger partial charge in [-0.05, 0) is 24.3 Å². The Morgan fingerprint density at radius 3 is 2.50 bits per heavy atom. The number of ether oxygens (including phenoxy) is 2. The van der Waals surface area contributed by atoms with Gasteiger partial charge in [0.1, 0.15) is 6.10 Å². The molecule has 0 bridgehead atoms. The Kier molecular flexibility index (Phi) is 5.50. The number of thiophene rings is 1. The second kappa shape index (κ2) is 8.18. The van der Waals surface area contributed by atoms with E-state index in [9.17, 15) is 0 Å². The van der Waals surface area contributed by atoms with E-state index in [0.717, 1.165) is 32.1 Å². The Morgan fingerprint density at radius 1 is 1.04 bits per heavy atom. The molecule has 0 spiro atoms. The highest BCUT2D eigenvalue weighted by atomic mass is 32.1. The number of rotatable bonds is 4. The average Bonchev–Trinajstić information content (AvgIpc) is 3.10. The molecule has 0 amide bonds. The fourth-order valence-electron chi connectivity index (χ4n) is 3.46. The molecule has 4 heterocycles. The van der Waals surface area contributed by atoms with Crippen molar-refractivity contribution in [3.05, 3.63) is 22.4 Å². The van der Waals surface area contributed by atoms with Crippen LogP contribution in [-0.4, -0.2) is 54.8 Å². The monoisotopic (exact) mass is 375 g/mol. The van der Waals surface area contributed by atoms with Gasteiger partial charge < -0.3 is 19.3 Å². The lowest BCUT2D eigenvalue weighted by Gasteiger charge is -2.33. The smallest absolute Gasteiger partial charge is 0.322 e. The van der Waals surface area contributed by atoms with Gasteiger partial charge in [-0.15, -0.1) is 11.3 Å². The average molecular weight is 375 g/mol. The van der Waals surface area contributed by atoms with Crippen LogP contribution in [0, 0.1) is 0 Å². The molecule has 1 atom stereocenters. The lowest BCUT2D eigenvalue weighted by Crippen LogP contribution is -2.39. The summed E-state index contributed by atoms with van der Waals surface area (Å²) in [5, 5.41) is 2.08. The van der Waals surface area contributed by atoms with Gasteiger partial charge in [0.15, 0.2) is 0 Å². The summed E-state index contributed by atoms with van der Waals surface area (Å²) < 4.78 is 11.3. The van der Waals surface area contributed by atoms with Gasteiger partial charge in [-0.3, -0.25) is 0 Å². The van der Waals surface area contributed by atoms with Crippen molar-refractivity contribution in [2.45, 2.75) is 31.8 Å². The number of hydrogen-bond acceptors (Lipinski definition) is 8. The Labute approximate surface area is 158 Å². The van der Waals surface area contributed by atoms with Crippen LogP contribution < -0.4 is 14.5 Å². The second-order valence-corrected chi connectivity index (χ2v) is 7.62. The van der Waals surface area contributed by atoms with Gasteiger partial charge in [-0.1, -0.05) is 18.9 Å². The van der Waals surface area contributed by atoms with Gasteiger partial charge in [0.2, 0.25) is 11.9 Å². The summed E-state index contributed by atoms with van der Waals surface area (Å²) in [6.45, 7) is 4.16. The van der Waals surface area contributed by atoms with E-state index in [-0.39, 0.29) is 6.10 Å². The molecular weight excluding hydrogens is 350 g/mol. The molecule has 2 aromatic heterocycles. The molecule has 0 saturated carbocycles. The van der Waals surface area contributed by atoms with Crippen LogP contribution in [0.3, 0.4) is 0 Å². The molecule has 2 aromatic rings. The van der Waals surface area contributed by atoms with Crippen LogP contribution in [-0.2, 0) is 4.74 Å². The fourth-order valence-corrected chi connectivity index (χ4v) is 4.22. The van der Waals surface area contributed by atoms with Gasteiger partial charge in [0.25, 0.3) is 0 Å². The van der Waals surface area contributed by atoms with E-state index in [1.54, 1.807) is 18.4 Å². The Hall–Kier alpha value is -1.93. The van der Waals surface area contributed by atoms with E-state index in [1.165, 1.54) is 30.6 Å². The highest BCUT2D eigenvalue weighted by Gasteiger charge is 2.26. The first kappa shape index (κ1) is 17.5. The Balaban J connectivity index is 1.57. The number of methoxy groups -OCH3 is 1. The predicted octanol–water partition coefficient (Wildman–Crippen LogP) is 2.90. The van der Waals surface area contributed by atoms with Crippen molar-refractivity contribution in [1.29, 1.82) is 0 Å². The maximum absolute atomic E-state index is 5.95. The molecule has 0 radical (unpaired) electrons. The number of hydrogen-bond donors (Lipinski definition) is 0. The minimum Gasteiger partial charge on any atom is -0.467 e. The summed E-state index contributed by atoms with van der Waals surface area (Å²) in [6.07, 6.45) is 4.98. The quantitative estimate of drug-likeness (QED) is 0.814. The maximum Gasteiger partial charge on any atom is 0.322 e. The summed E-state index contributed by atoms with van der Waals surface area (Å²) in [5.74, 6) is 1.41. The van der Waals surface area contributed by atoms with Crippen molar-refractivity contribution in [3.8, 4) is 6.01 Å². The predicted molar refractivity (Wildman–Crippen MR) is 102 cm³/mol. The number of anilines is 2. The van der Waals surface area contributed by atoms with Gasteiger partial charge >= 0.3 is 6.01 Å². The van der Waals surface area contributed by atoms with Gasteiger partial charge in [0, 0.05) is 24.5 Å². The first-order valence-electron chi connectivity index (χ1n) is 9.28. The van der Waals surface area contributed by atoms with Crippen LogP contribution >= 0.6 is 11.3 Å². The molecule has 0 N–H and O–H groups in total. The molecular formula is C18H25N5O2S. The first-order valence-corrected chi connectivity index (χ1v) is 10.2. The van der Waals surface area contributed by atoms with E-state index in [2.05, 4.69) is 37.3 Å². The van der Waals surface area contributed by atoms with Crippen molar-refractivity contribution >= 4 is 23.2 Å². The fraction of sp³-hybridized carbons (Fsp3) is 0.611. The minimum atomic E-state index is 0.0631. The van der Waals surface area contributed by atoms with E-state index >= 15 is 0 Å². The van der Waals surface area contributed by atoms with Crippen molar-refractivity contribution in [3.63, 3.8) is 0 Å². The number of aromatic nitrogens is 3. The lowest BCUT2D eigenvalue weighted by molar-refractivity contribution is 0.0415. The Bertz CT molecular complexity index is 704. The highest BCUT2D eigenvalue weighted by molar-refractivity contribution is 7.10. The standard InChI is InChI=1S/C18H25N5O2S/c1-24-18-20-16(22-8-4-2-3-5-9-22)19-17(21-18)23-10-11-25-14(13-23)15-7-6-12-26-15/h6-7,12,14H,2-5,8-11,13H2,1H3. The molecule has 26 heavy (non-hydrogen) atoms. The van der Waals surface area contributed by atoms with Crippen LogP contribution in [0.1, 0.15) is 36.7 Å². The van der Waals surface area contributed by atoms with E-state index in [1.807, 2.05) is 0 Å². The van der Waals surface area contributed by atoms with Crippen molar-refractivity contribution < 1.29 is 9.47 Å². The molecule has 8 heteroatoms. The molecule has 2 aliphatic rings. The zero-order valence-corrected chi connectivity index (χ0v) is 16.0. The molecule has 1 unspecified atom stereocenters. The van der Waals surface area contributed by atoms with Crippen LogP contribution in [0.15, 0.2) is 17.5 Å². The van der Waals surface area contributed by atoms with Crippen LogP contribution in [0.5, 0.6) is 6.01 Å². The molecule has 140 valence electrons. The van der Waals surface area contributed by atoms with E-state index in [4.69, 9.17) is 14.5 Å². The van der Waals surface area contributed by atoms with Crippen LogP contribution in [0.25, 0.3) is 0 Å². The first-order chi connectivity index (χ1) is 12.8. The van der Waals surface area contributed by atoms with E-state index in [0.29, 0.717) is 18.6 Å². The molecule has 4 rings (SSSR count). The Morgan fingerprint density at radius 2 is 1.81 bits per heavy atom. The van der Waals surface area contributed by atoms with Gasteiger partial charge in [-0.25, -0.2) is 0 Å².